The fourth-order valence-electron chi connectivity index (χ4n) is 5.47. The minimum atomic E-state index is -0.935. The fraction of sp³-hybridized carbons (Fsp3) is 0.294. The molecule has 1 saturated heterocycles. The van der Waals surface area contributed by atoms with Crippen LogP contribution in [0.1, 0.15) is 61.4 Å². The van der Waals surface area contributed by atoms with E-state index in [4.69, 9.17) is 21.1 Å². The average Bonchev–Trinajstić information content (AvgIpc) is 3.73. The van der Waals surface area contributed by atoms with E-state index in [-0.39, 0.29) is 22.6 Å². The highest BCUT2D eigenvalue weighted by molar-refractivity contribution is 8.00. The number of unbranched alkanes of at least 4 members (excludes halogenated alkanes) is 2. The lowest BCUT2D eigenvalue weighted by atomic mass is 9.94. The van der Waals surface area contributed by atoms with Crippen LogP contribution in [0.15, 0.2) is 76.6 Å². The number of carbonyl (C=O) groups is 2. The summed E-state index contributed by atoms with van der Waals surface area (Å²) in [5.41, 5.74) is 3.05. The lowest BCUT2D eigenvalue weighted by molar-refractivity contribution is -0.132. The van der Waals surface area contributed by atoms with Gasteiger partial charge >= 0.3 is 5.91 Å². The number of aromatic nitrogens is 2. The first kappa shape index (κ1) is 31.1. The standard InChI is InChI=1S/C34H32ClN3O5S2/c1-3-4-5-15-42-26-8-6-7-22(18-26)29-28(30(39)23-11-14-27-24(17-23)16-20(2)43-27)31(40)32(41)38(29)33-36-37-34(45-33)44-19-21-9-12-25(35)13-10-21/h6-14,17-18,20,29,39H,3-5,15-16,19H2,1-2H3/b30-28+/t20-,29+/m0/s1. The molecule has 3 aromatic carbocycles. The molecule has 8 nitrogen and oxygen atoms in total. The highest BCUT2D eigenvalue weighted by Crippen LogP contribution is 2.45. The van der Waals surface area contributed by atoms with Crippen molar-refractivity contribution in [2.75, 3.05) is 11.5 Å². The molecule has 0 aliphatic carbocycles. The van der Waals surface area contributed by atoms with Crippen LogP contribution in [0.4, 0.5) is 5.13 Å². The number of benzene rings is 3. The number of ketones is 1. The van der Waals surface area contributed by atoms with Crippen LogP contribution in [0.25, 0.3) is 5.76 Å². The normalized spacial score (nSPS) is 18.7. The Morgan fingerprint density at radius 2 is 1.93 bits per heavy atom. The summed E-state index contributed by atoms with van der Waals surface area (Å²) in [6.07, 6.45) is 3.76. The number of carbonyl (C=O) groups excluding carboxylic acids is 2. The van der Waals surface area contributed by atoms with Crippen molar-refractivity contribution in [3.8, 4) is 11.5 Å². The van der Waals surface area contributed by atoms with Gasteiger partial charge in [-0.05, 0) is 72.5 Å². The van der Waals surface area contributed by atoms with Crippen molar-refractivity contribution >= 4 is 57.3 Å². The smallest absolute Gasteiger partial charge is 0.301 e. The van der Waals surface area contributed by atoms with E-state index in [0.717, 1.165) is 36.1 Å². The van der Waals surface area contributed by atoms with Crippen LogP contribution in [0.3, 0.4) is 0 Å². The van der Waals surface area contributed by atoms with Crippen LogP contribution in [0, 0.1) is 0 Å². The van der Waals surface area contributed by atoms with E-state index < -0.39 is 17.7 Å². The number of aliphatic hydroxyl groups is 1. The van der Waals surface area contributed by atoms with Crippen LogP contribution in [-0.4, -0.2) is 39.7 Å². The van der Waals surface area contributed by atoms with Gasteiger partial charge in [-0.1, -0.05) is 78.7 Å². The summed E-state index contributed by atoms with van der Waals surface area (Å²) < 4.78 is 12.5. The van der Waals surface area contributed by atoms with Gasteiger partial charge in [0, 0.05) is 22.8 Å². The Hall–Kier alpha value is -3.86. The zero-order chi connectivity index (χ0) is 31.5. The van der Waals surface area contributed by atoms with E-state index in [1.165, 1.54) is 28.0 Å². The van der Waals surface area contributed by atoms with Crippen LogP contribution < -0.4 is 14.4 Å². The Morgan fingerprint density at radius 1 is 1.11 bits per heavy atom. The number of thioether (sulfide) groups is 1. The topological polar surface area (TPSA) is 102 Å². The number of nitrogens with zero attached hydrogens (tertiary/aromatic N) is 3. The molecule has 0 saturated carbocycles. The van der Waals surface area contributed by atoms with Gasteiger partial charge in [0.15, 0.2) is 4.34 Å². The number of hydrogen-bond donors (Lipinski definition) is 1. The van der Waals surface area contributed by atoms with Crippen LogP contribution in [0.2, 0.25) is 5.02 Å². The zero-order valence-electron chi connectivity index (χ0n) is 24.9. The minimum absolute atomic E-state index is 0.0133. The number of anilines is 1. The van der Waals surface area contributed by atoms with Gasteiger partial charge in [-0.2, -0.15) is 0 Å². The third-order valence-corrected chi connectivity index (χ3v) is 10.1. The first-order chi connectivity index (χ1) is 21.8. The quantitative estimate of drug-likeness (QED) is 0.0431. The molecule has 0 spiro atoms. The molecule has 1 amide bonds. The number of hydrogen-bond acceptors (Lipinski definition) is 9. The monoisotopic (exact) mass is 661 g/mol. The van der Waals surface area contributed by atoms with Crippen molar-refractivity contribution in [2.24, 2.45) is 0 Å². The number of fused-ring (bicyclic) bond motifs is 1. The van der Waals surface area contributed by atoms with Gasteiger partial charge in [0.25, 0.3) is 5.78 Å². The summed E-state index contributed by atoms with van der Waals surface area (Å²) in [6.45, 7) is 4.66. The average molecular weight is 662 g/mol. The van der Waals surface area contributed by atoms with E-state index >= 15 is 0 Å². The second kappa shape index (κ2) is 13.6. The molecule has 0 unspecified atom stereocenters. The lowest BCUT2D eigenvalue weighted by Crippen LogP contribution is -2.29. The van der Waals surface area contributed by atoms with Crippen molar-refractivity contribution < 1.29 is 24.2 Å². The first-order valence-corrected chi connectivity index (χ1v) is 17.0. The molecule has 2 aliphatic heterocycles. The molecule has 1 fully saturated rings. The van der Waals surface area contributed by atoms with Gasteiger partial charge in [-0.15, -0.1) is 10.2 Å². The van der Waals surface area contributed by atoms with Crippen LogP contribution in [0.5, 0.6) is 11.5 Å². The summed E-state index contributed by atoms with van der Waals surface area (Å²) >= 11 is 8.71. The molecule has 232 valence electrons. The lowest BCUT2D eigenvalue weighted by Gasteiger charge is -2.23. The number of amides is 1. The van der Waals surface area contributed by atoms with Gasteiger partial charge in [0.05, 0.1) is 18.2 Å². The van der Waals surface area contributed by atoms with E-state index in [2.05, 4.69) is 17.1 Å². The number of aliphatic hydroxyl groups excluding tert-OH is 1. The van der Waals surface area contributed by atoms with Gasteiger partial charge in [0.1, 0.15) is 23.4 Å². The molecule has 1 N–H and O–H groups in total. The second-order valence-electron chi connectivity index (χ2n) is 11.0. The molecule has 2 atom stereocenters. The maximum atomic E-state index is 13.7. The molecular formula is C34H32ClN3O5S2. The molecule has 11 heteroatoms. The number of rotatable bonds is 11. The van der Waals surface area contributed by atoms with Crippen molar-refractivity contribution in [1.82, 2.24) is 10.2 Å². The molecule has 3 heterocycles. The van der Waals surface area contributed by atoms with Crippen LogP contribution >= 0.6 is 34.7 Å². The van der Waals surface area contributed by atoms with Gasteiger partial charge in [-0.3, -0.25) is 14.5 Å². The number of halogens is 1. The maximum absolute atomic E-state index is 13.7. The molecule has 0 radical (unpaired) electrons. The number of ether oxygens (including phenoxy) is 2. The van der Waals surface area contributed by atoms with Crippen LogP contribution in [-0.2, 0) is 21.8 Å². The SMILES string of the molecule is CCCCCOc1cccc([C@@H]2/C(=C(\O)c3ccc4c(c3)C[C@H](C)O4)C(=O)C(=O)N2c2nnc(SCc3ccc(Cl)cc3)s2)c1. The Balaban J connectivity index is 1.37. The van der Waals surface area contributed by atoms with Gasteiger partial charge in [-0.25, -0.2) is 0 Å². The summed E-state index contributed by atoms with van der Waals surface area (Å²) in [4.78, 5) is 28.8. The Bertz CT molecular complexity index is 1760. The third-order valence-electron chi connectivity index (χ3n) is 7.68. The highest BCUT2D eigenvalue weighted by atomic mass is 35.5. The van der Waals surface area contributed by atoms with Crippen molar-refractivity contribution in [1.29, 1.82) is 0 Å². The van der Waals surface area contributed by atoms with Gasteiger partial charge in [0.2, 0.25) is 5.13 Å². The minimum Gasteiger partial charge on any atom is -0.507 e. The maximum Gasteiger partial charge on any atom is 0.301 e. The van der Waals surface area contributed by atoms with E-state index in [0.29, 0.717) is 45.0 Å². The van der Waals surface area contributed by atoms with Gasteiger partial charge < -0.3 is 14.6 Å². The summed E-state index contributed by atoms with van der Waals surface area (Å²) in [6, 6.07) is 19.3. The molecule has 6 rings (SSSR count). The Morgan fingerprint density at radius 3 is 2.73 bits per heavy atom. The summed E-state index contributed by atoms with van der Waals surface area (Å²) in [5, 5.41) is 21.2. The molecule has 1 aromatic heterocycles. The molecule has 45 heavy (non-hydrogen) atoms. The second-order valence-corrected chi connectivity index (χ2v) is 13.6. The zero-order valence-corrected chi connectivity index (χ0v) is 27.3. The van der Waals surface area contributed by atoms with E-state index in [1.54, 1.807) is 12.1 Å². The highest BCUT2D eigenvalue weighted by Gasteiger charge is 2.48. The Kier molecular flexibility index (Phi) is 9.44. The largest absolute Gasteiger partial charge is 0.507 e. The third kappa shape index (κ3) is 6.73. The summed E-state index contributed by atoms with van der Waals surface area (Å²) in [7, 11) is 0. The Labute approximate surface area is 275 Å². The first-order valence-electron chi connectivity index (χ1n) is 14.9. The molecule has 4 aromatic rings. The van der Waals surface area contributed by atoms with E-state index in [9.17, 15) is 14.7 Å². The van der Waals surface area contributed by atoms with Crippen molar-refractivity contribution in [2.45, 2.75) is 61.8 Å². The van der Waals surface area contributed by atoms with Crippen molar-refractivity contribution in [3.63, 3.8) is 0 Å². The fourth-order valence-corrected chi connectivity index (χ4v) is 7.42. The molecule has 2 aliphatic rings. The molecular weight excluding hydrogens is 630 g/mol. The summed E-state index contributed by atoms with van der Waals surface area (Å²) in [5.74, 6) is 0.184. The molecule has 0 bridgehead atoms. The predicted octanol–water partition coefficient (Wildman–Crippen LogP) is 8.00. The van der Waals surface area contributed by atoms with E-state index in [1.807, 2.05) is 61.5 Å². The van der Waals surface area contributed by atoms with Crippen molar-refractivity contribution in [3.05, 3.63) is 99.6 Å². The predicted molar refractivity (Wildman–Crippen MR) is 177 cm³/mol. The number of Topliss-reactive ketones (excluding diaryl/α,β-unsaturated/α-hetero) is 1.